The quantitative estimate of drug-likeness (QED) is 0.0288. The molecule has 0 spiro atoms. The summed E-state index contributed by atoms with van der Waals surface area (Å²) in [5.41, 5.74) is 0. The predicted octanol–water partition coefficient (Wildman–Crippen LogP) is -4.26. The Hall–Kier alpha value is 0.870. The van der Waals surface area contributed by atoms with Crippen molar-refractivity contribution in [2.75, 3.05) is 26.4 Å². The average Bonchev–Trinajstić information content (AvgIpc) is 3.01. The van der Waals surface area contributed by atoms with Crippen LogP contribution in [0, 0.1) is 5.92 Å². The fourth-order valence-electron chi connectivity index (χ4n) is 6.01. The van der Waals surface area contributed by atoms with Gasteiger partial charge in [0.05, 0.1) is 26.4 Å². The van der Waals surface area contributed by atoms with E-state index in [1.165, 1.54) is 0 Å². The Morgan fingerprint density at radius 3 is 0.631 bits per heavy atom. The van der Waals surface area contributed by atoms with E-state index in [4.69, 9.17) is 14.2 Å². The number of ether oxygens (including phenoxy) is 3. The van der Waals surface area contributed by atoms with Gasteiger partial charge in [-0.05, 0) is 0 Å². The van der Waals surface area contributed by atoms with Crippen molar-refractivity contribution in [2.45, 2.75) is 74.1 Å². The molecule has 0 amide bonds. The van der Waals surface area contributed by atoms with E-state index in [0.717, 1.165) is 6.92 Å². The predicted molar refractivity (Wildman–Crippen MR) is 192 cm³/mol. The molecule has 2 saturated carbocycles. The van der Waals surface area contributed by atoms with E-state index in [0.29, 0.717) is 0 Å². The maximum Gasteiger partial charge on any atom is 0.470 e. The van der Waals surface area contributed by atoms with Gasteiger partial charge in [-0.1, -0.05) is 6.92 Å². The van der Waals surface area contributed by atoms with Crippen LogP contribution >= 0.6 is 70.4 Å². The third-order valence-corrected chi connectivity index (χ3v) is 12.3. The first-order valence-electron chi connectivity index (χ1n) is 16.2. The maximum atomic E-state index is 12.0. The summed E-state index contributed by atoms with van der Waals surface area (Å²) in [4.78, 5) is 172. The molecule has 2 aliphatic rings. The second-order valence-electron chi connectivity index (χ2n) is 12.7. The van der Waals surface area contributed by atoms with E-state index < -0.39 is 170 Å². The first-order valence-corrected chi connectivity index (χ1v) is 30.0. The highest BCUT2D eigenvalue weighted by atomic mass is 31.2. The Morgan fingerprint density at radius 2 is 0.415 bits per heavy atom. The molecule has 48 heteroatoms. The van der Waals surface area contributed by atoms with E-state index >= 15 is 0 Å². The lowest BCUT2D eigenvalue weighted by Crippen LogP contribution is -2.66. The van der Waals surface area contributed by atoms with Crippen LogP contribution in [0.2, 0.25) is 0 Å². The number of phosphoric acid groups is 9. The molecule has 0 bridgehead atoms. The number of rotatable bonds is 26. The fraction of sp³-hybridized carbons (Fsp3) is 1.00. The Kier molecular flexibility index (Phi) is 22.1. The molecule has 0 aliphatic heterocycles. The van der Waals surface area contributed by atoms with Crippen LogP contribution in [-0.4, -0.2) is 182 Å². The van der Waals surface area contributed by atoms with Crippen molar-refractivity contribution in [3.05, 3.63) is 0 Å². The highest BCUT2D eigenvalue weighted by Crippen LogP contribution is 2.57. The fourth-order valence-corrected chi connectivity index (χ4v) is 11.2. The molecular formula is C17H41O39P9. The standard InChI is InChI=1S/C17H41O39P9/c1-6-7(48-57(18,19)20)9(12(51-60(27,28)29)11(50-59(24,25)26)8(6)49-58(21,22)23)46-4-2-45-3-5-47-10-13(52-61(30,31)32)15(54-63(36,37)38)17(56-65(42,43)44)16(55-64(39,40)41)14(10)53-62(33,34)35/h6-17H,2-5H2,1H3,(H2,18,19,20)(H2,21,22,23)(H2,24,25,26)(H2,27,28,29)(H2,30,31,32)(H2,33,34,35)(H2,36,37,38)(H2,39,40,41)(H2,42,43,44)/t6-,7-,8-,9+,10?,11-,12-,13+,14?,15-,16+,17?/m0/s1. The van der Waals surface area contributed by atoms with Gasteiger partial charge in [-0.3, -0.25) is 40.7 Å². The van der Waals surface area contributed by atoms with Gasteiger partial charge in [0, 0.05) is 5.92 Å². The molecule has 3 unspecified atom stereocenters. The van der Waals surface area contributed by atoms with Gasteiger partial charge in [-0.25, -0.2) is 41.1 Å². The molecule has 0 radical (unpaired) electrons. The van der Waals surface area contributed by atoms with Crippen molar-refractivity contribution >= 4 is 70.4 Å². The van der Waals surface area contributed by atoms with Gasteiger partial charge in [0.25, 0.3) is 0 Å². The third kappa shape index (κ3) is 23.8. The smallest absolute Gasteiger partial charge is 0.377 e. The minimum Gasteiger partial charge on any atom is -0.377 e. The van der Waals surface area contributed by atoms with Gasteiger partial charge in [0.1, 0.15) is 67.1 Å². The normalized spacial score (nSPS) is 30.7. The molecule has 2 rings (SSSR count). The van der Waals surface area contributed by atoms with Gasteiger partial charge in [0.15, 0.2) is 0 Å². The van der Waals surface area contributed by atoms with Crippen LogP contribution in [-0.2, 0) is 96.0 Å². The Bertz CT molecular complexity index is 1950. The van der Waals surface area contributed by atoms with Gasteiger partial charge in [0.2, 0.25) is 0 Å². The first-order chi connectivity index (χ1) is 28.8. The van der Waals surface area contributed by atoms with Gasteiger partial charge < -0.3 is 102 Å². The van der Waals surface area contributed by atoms with Gasteiger partial charge >= 0.3 is 70.4 Å². The van der Waals surface area contributed by atoms with E-state index in [-0.39, 0.29) is 0 Å². The highest BCUT2D eigenvalue weighted by Gasteiger charge is 2.62. The molecule has 0 saturated heterocycles. The maximum absolute atomic E-state index is 12.0. The van der Waals surface area contributed by atoms with Crippen molar-refractivity contribution in [2.24, 2.45) is 5.92 Å². The van der Waals surface area contributed by atoms with E-state index in [9.17, 15) is 129 Å². The van der Waals surface area contributed by atoms with Crippen molar-refractivity contribution < 1.29 is 184 Å². The zero-order valence-electron chi connectivity index (χ0n) is 31.4. The zero-order chi connectivity index (χ0) is 50.7. The molecule has 39 nitrogen and oxygen atoms in total. The topological polar surface area (TPSA) is 629 Å². The molecule has 2 fully saturated rings. The molecule has 0 aromatic heterocycles. The molecule has 2 aliphatic carbocycles. The molecule has 12 atom stereocenters. The molecule has 0 aromatic carbocycles. The zero-order valence-corrected chi connectivity index (χ0v) is 39.5. The lowest BCUT2D eigenvalue weighted by Gasteiger charge is -2.48. The molecule has 388 valence electrons. The molecule has 65 heavy (non-hydrogen) atoms. The SMILES string of the molecule is C[C@@H]1[C@H](OP(=O)(O)O)[C@H](OP(=O)(O)O)[C@@H](OP(=O)(O)O)[C@H](OCCOCCOC2C(OP(=O)(O)O)[C@@H](OP(=O)(O)O)C(OP(=O)(O)O)[C@@H](OP(=O)(O)O)[C@@H]2OP(=O)(O)O)[C@H]1OP(=O)(O)O. The van der Waals surface area contributed by atoms with Crippen molar-refractivity contribution in [3.63, 3.8) is 0 Å². The van der Waals surface area contributed by atoms with E-state index in [2.05, 4.69) is 40.7 Å². The number of hydrogen-bond donors (Lipinski definition) is 18. The monoisotopic (exact) mass is 1150 g/mol. The lowest BCUT2D eigenvalue weighted by atomic mass is 9.79. The first kappa shape index (κ1) is 62.0. The Morgan fingerprint density at radius 1 is 0.262 bits per heavy atom. The highest BCUT2D eigenvalue weighted by molar-refractivity contribution is 7.48. The molecule has 0 aromatic rings. The van der Waals surface area contributed by atoms with Crippen molar-refractivity contribution in [3.8, 4) is 0 Å². The summed E-state index contributed by atoms with van der Waals surface area (Å²) < 4.78 is 163. The second kappa shape index (κ2) is 23.2. The summed E-state index contributed by atoms with van der Waals surface area (Å²) in [6.45, 7) is -3.21. The van der Waals surface area contributed by atoms with Gasteiger partial charge in [-0.2, -0.15) is 0 Å². The Labute approximate surface area is 360 Å². The van der Waals surface area contributed by atoms with Crippen molar-refractivity contribution in [1.29, 1.82) is 0 Å². The minimum absolute atomic E-state index is 0.818. The summed E-state index contributed by atoms with van der Waals surface area (Å²) in [6.07, 6.45) is -30.9. The summed E-state index contributed by atoms with van der Waals surface area (Å²) in [5.74, 6) is -1.92. The van der Waals surface area contributed by atoms with E-state index in [1.54, 1.807) is 0 Å². The number of hydrogen-bond acceptors (Lipinski definition) is 21. The van der Waals surface area contributed by atoms with Crippen LogP contribution in [0.15, 0.2) is 0 Å². The van der Waals surface area contributed by atoms with Crippen LogP contribution in [0.25, 0.3) is 0 Å². The van der Waals surface area contributed by atoms with Crippen LogP contribution in [0.3, 0.4) is 0 Å². The average molecular weight is 1150 g/mol. The molecule has 18 N–H and O–H groups in total. The van der Waals surface area contributed by atoms with Crippen molar-refractivity contribution in [1.82, 2.24) is 0 Å². The van der Waals surface area contributed by atoms with E-state index in [1.807, 2.05) is 0 Å². The Balaban J connectivity index is 2.55. The van der Waals surface area contributed by atoms with Crippen LogP contribution in [0.1, 0.15) is 6.92 Å². The summed E-state index contributed by atoms with van der Waals surface area (Å²) >= 11 is 0. The number of phosphoric ester groups is 9. The summed E-state index contributed by atoms with van der Waals surface area (Å²) in [6, 6.07) is 0. The summed E-state index contributed by atoms with van der Waals surface area (Å²) in [7, 11) is -53.9. The third-order valence-electron chi connectivity index (χ3n) is 7.68. The second-order valence-corrected chi connectivity index (χ2v) is 23.4. The van der Waals surface area contributed by atoms with Crippen LogP contribution < -0.4 is 0 Å². The minimum atomic E-state index is -6.13. The molecule has 0 heterocycles. The van der Waals surface area contributed by atoms with Crippen LogP contribution in [0.4, 0.5) is 0 Å². The van der Waals surface area contributed by atoms with Crippen LogP contribution in [0.5, 0.6) is 0 Å². The summed E-state index contributed by atoms with van der Waals surface area (Å²) in [5, 5.41) is 0. The molecular weight excluding hydrogens is 1110 g/mol. The lowest BCUT2D eigenvalue weighted by molar-refractivity contribution is -0.221. The largest absolute Gasteiger partial charge is 0.470 e. The van der Waals surface area contributed by atoms with Gasteiger partial charge in [-0.15, -0.1) is 0 Å².